The van der Waals surface area contributed by atoms with Crippen LogP contribution in [0.25, 0.3) is 0 Å². The summed E-state index contributed by atoms with van der Waals surface area (Å²) in [4.78, 5) is 22.9. The lowest BCUT2D eigenvalue weighted by Crippen LogP contribution is -2.67. The second kappa shape index (κ2) is 6.68. The number of aryl methyl sites for hydroxylation is 2. The Labute approximate surface area is 151 Å². The molecule has 2 aromatic rings. The van der Waals surface area contributed by atoms with Gasteiger partial charge in [-0.1, -0.05) is 12.1 Å². The molecule has 0 N–H and O–H groups in total. The van der Waals surface area contributed by atoms with Gasteiger partial charge in [0.05, 0.1) is 37.8 Å². The van der Waals surface area contributed by atoms with Gasteiger partial charge in [-0.25, -0.2) is 4.98 Å². The maximum Gasteiger partial charge on any atom is 0.259 e. The Morgan fingerprint density at radius 2 is 2.23 bits per heavy atom. The van der Waals surface area contributed by atoms with Crippen molar-refractivity contribution >= 4 is 5.91 Å². The van der Waals surface area contributed by atoms with E-state index in [-0.39, 0.29) is 17.6 Å². The van der Waals surface area contributed by atoms with Crippen molar-refractivity contribution in [3.63, 3.8) is 0 Å². The van der Waals surface area contributed by atoms with Crippen molar-refractivity contribution in [1.82, 2.24) is 20.0 Å². The second-order valence-electron chi connectivity index (χ2n) is 6.94. The highest BCUT2D eigenvalue weighted by molar-refractivity contribution is 5.95. The second-order valence-corrected chi connectivity index (χ2v) is 6.94. The number of carbonyl (C=O) groups excluding carboxylic acids is 1. The Kier molecular flexibility index (Phi) is 4.36. The zero-order valence-corrected chi connectivity index (χ0v) is 15.0. The zero-order chi connectivity index (χ0) is 18.1. The lowest BCUT2D eigenvalue weighted by molar-refractivity contribution is -0.174. The van der Waals surface area contributed by atoms with Gasteiger partial charge in [0.2, 0.25) is 5.88 Å². The predicted octanol–water partition coefficient (Wildman–Crippen LogP) is 1.79. The monoisotopic (exact) mass is 358 g/mol. The molecule has 0 bridgehead atoms. The maximum atomic E-state index is 12.6. The molecule has 8 heteroatoms. The number of likely N-dealkylation sites (tertiary alicyclic amines) is 1. The SMILES string of the molecule is CCc1oncc1C(=O)N1CC2(CC(Oc3cncc(C)n3)CCO2)C1. The summed E-state index contributed by atoms with van der Waals surface area (Å²) in [6.07, 6.45) is 7.01. The molecule has 2 saturated heterocycles. The van der Waals surface area contributed by atoms with Crippen molar-refractivity contribution in [3.8, 4) is 5.88 Å². The standard InChI is InChI=1S/C18H22N4O4/c1-3-15-14(8-20-26-15)17(23)22-10-18(11-22)6-13(4-5-24-18)25-16-9-19-7-12(2)21-16/h7-9,13H,3-6,10-11H2,1-2H3. The number of rotatable bonds is 4. The average molecular weight is 358 g/mol. The van der Waals surface area contributed by atoms with Crippen LogP contribution >= 0.6 is 0 Å². The van der Waals surface area contributed by atoms with Gasteiger partial charge >= 0.3 is 0 Å². The van der Waals surface area contributed by atoms with Crippen molar-refractivity contribution in [2.24, 2.45) is 0 Å². The molecule has 2 aliphatic heterocycles. The Morgan fingerprint density at radius 3 is 3.00 bits per heavy atom. The van der Waals surface area contributed by atoms with Crippen molar-refractivity contribution < 1.29 is 18.8 Å². The van der Waals surface area contributed by atoms with Crippen molar-refractivity contribution in [1.29, 1.82) is 0 Å². The molecule has 0 radical (unpaired) electrons. The molecule has 4 rings (SSSR count). The molecule has 0 aliphatic carbocycles. The van der Waals surface area contributed by atoms with Gasteiger partial charge < -0.3 is 18.9 Å². The third-order valence-corrected chi connectivity index (χ3v) is 4.91. The van der Waals surface area contributed by atoms with E-state index in [1.54, 1.807) is 17.3 Å². The number of hydrogen-bond donors (Lipinski definition) is 0. The van der Waals surface area contributed by atoms with Crippen LogP contribution in [0, 0.1) is 6.92 Å². The number of hydrogen-bond acceptors (Lipinski definition) is 7. The van der Waals surface area contributed by atoms with Crippen molar-refractivity contribution in [3.05, 3.63) is 35.6 Å². The minimum atomic E-state index is -0.334. The van der Waals surface area contributed by atoms with E-state index < -0.39 is 0 Å². The molecule has 0 aromatic carbocycles. The summed E-state index contributed by atoms with van der Waals surface area (Å²) in [5, 5.41) is 3.74. The van der Waals surface area contributed by atoms with Crippen molar-refractivity contribution in [2.45, 2.75) is 44.8 Å². The van der Waals surface area contributed by atoms with Crippen LogP contribution in [0.4, 0.5) is 0 Å². The summed E-state index contributed by atoms with van der Waals surface area (Å²) in [5.74, 6) is 1.11. The summed E-state index contributed by atoms with van der Waals surface area (Å²) in [5.41, 5.74) is 1.03. The van der Waals surface area contributed by atoms with Crippen LogP contribution in [0.3, 0.4) is 0 Å². The molecule has 1 atom stereocenters. The van der Waals surface area contributed by atoms with Crippen LogP contribution in [0.5, 0.6) is 5.88 Å². The number of ether oxygens (including phenoxy) is 2. The van der Waals surface area contributed by atoms with Gasteiger partial charge in [0.15, 0.2) is 0 Å². The van der Waals surface area contributed by atoms with Gasteiger partial charge in [-0.05, 0) is 6.92 Å². The van der Waals surface area contributed by atoms with Gasteiger partial charge in [-0.3, -0.25) is 9.78 Å². The lowest BCUT2D eigenvalue weighted by Gasteiger charge is -2.52. The number of amides is 1. The fourth-order valence-electron chi connectivity index (χ4n) is 3.63. The van der Waals surface area contributed by atoms with E-state index in [1.165, 1.54) is 6.20 Å². The summed E-state index contributed by atoms with van der Waals surface area (Å²) < 4.78 is 17.1. The van der Waals surface area contributed by atoms with E-state index in [0.29, 0.717) is 43.3 Å². The first-order valence-corrected chi connectivity index (χ1v) is 8.91. The Bertz CT molecular complexity index is 800. The fourth-order valence-corrected chi connectivity index (χ4v) is 3.63. The minimum Gasteiger partial charge on any atom is -0.473 e. The normalized spacial score (nSPS) is 21.5. The highest BCUT2D eigenvalue weighted by atomic mass is 16.5. The predicted molar refractivity (Wildman–Crippen MR) is 90.9 cm³/mol. The Hall–Kier alpha value is -2.48. The quantitative estimate of drug-likeness (QED) is 0.823. The van der Waals surface area contributed by atoms with E-state index >= 15 is 0 Å². The molecule has 0 saturated carbocycles. The molecule has 1 amide bonds. The summed E-state index contributed by atoms with van der Waals surface area (Å²) in [7, 11) is 0. The molecule has 4 heterocycles. The maximum absolute atomic E-state index is 12.6. The van der Waals surface area contributed by atoms with Crippen molar-refractivity contribution in [2.75, 3.05) is 19.7 Å². The Balaban J connectivity index is 1.38. The first-order valence-electron chi connectivity index (χ1n) is 8.91. The highest BCUT2D eigenvalue weighted by Crippen LogP contribution is 2.36. The van der Waals surface area contributed by atoms with E-state index in [9.17, 15) is 4.79 Å². The first kappa shape index (κ1) is 17.0. The fraction of sp³-hybridized carbons (Fsp3) is 0.556. The molecule has 138 valence electrons. The molecule has 2 fully saturated rings. The van der Waals surface area contributed by atoms with E-state index in [2.05, 4.69) is 15.1 Å². The molecule has 2 aromatic heterocycles. The van der Waals surface area contributed by atoms with E-state index in [0.717, 1.165) is 18.5 Å². The topological polar surface area (TPSA) is 90.6 Å². The van der Waals surface area contributed by atoms with E-state index in [1.807, 2.05) is 13.8 Å². The molecule has 1 spiro atoms. The van der Waals surface area contributed by atoms with Gasteiger partial charge in [0.25, 0.3) is 5.91 Å². The number of aromatic nitrogens is 3. The van der Waals surface area contributed by atoms with Gasteiger partial charge in [-0.15, -0.1) is 0 Å². The first-order chi connectivity index (χ1) is 12.6. The van der Waals surface area contributed by atoms with Crippen LogP contribution in [0.15, 0.2) is 23.1 Å². The smallest absolute Gasteiger partial charge is 0.259 e. The minimum absolute atomic E-state index is 0.0129. The number of nitrogens with zero attached hydrogens (tertiary/aromatic N) is 4. The molecular formula is C18H22N4O4. The van der Waals surface area contributed by atoms with Crippen LogP contribution in [0.1, 0.15) is 41.6 Å². The van der Waals surface area contributed by atoms with Crippen LogP contribution in [0.2, 0.25) is 0 Å². The molecular weight excluding hydrogens is 336 g/mol. The molecule has 8 nitrogen and oxygen atoms in total. The van der Waals surface area contributed by atoms with Gasteiger partial charge in [0, 0.05) is 25.5 Å². The van der Waals surface area contributed by atoms with Crippen LogP contribution in [-0.4, -0.2) is 57.3 Å². The Morgan fingerprint density at radius 1 is 1.38 bits per heavy atom. The van der Waals surface area contributed by atoms with Gasteiger partial charge in [0.1, 0.15) is 23.0 Å². The highest BCUT2D eigenvalue weighted by Gasteiger charge is 2.50. The largest absolute Gasteiger partial charge is 0.473 e. The van der Waals surface area contributed by atoms with E-state index in [4.69, 9.17) is 14.0 Å². The molecule has 26 heavy (non-hydrogen) atoms. The van der Waals surface area contributed by atoms with Crippen LogP contribution < -0.4 is 4.74 Å². The third-order valence-electron chi connectivity index (χ3n) is 4.91. The number of carbonyl (C=O) groups is 1. The lowest BCUT2D eigenvalue weighted by atomic mass is 9.84. The molecule has 2 aliphatic rings. The summed E-state index contributed by atoms with van der Waals surface area (Å²) >= 11 is 0. The third kappa shape index (κ3) is 3.16. The molecule has 1 unspecified atom stereocenters. The van der Waals surface area contributed by atoms with Crippen LogP contribution in [-0.2, 0) is 11.2 Å². The summed E-state index contributed by atoms with van der Waals surface area (Å²) in [6.45, 7) is 5.55. The zero-order valence-electron chi connectivity index (χ0n) is 15.0. The average Bonchev–Trinajstić information content (AvgIpc) is 3.08. The van der Waals surface area contributed by atoms with Gasteiger partial charge in [-0.2, -0.15) is 0 Å². The summed E-state index contributed by atoms with van der Waals surface area (Å²) in [6, 6.07) is 0.